The number of rotatable bonds is 9. The fourth-order valence-electron chi connectivity index (χ4n) is 2.73. The molecular formula is C22H27N5O. The predicted molar refractivity (Wildman–Crippen MR) is 115 cm³/mol. The van der Waals surface area contributed by atoms with Crippen LogP contribution in [-0.2, 0) is 0 Å². The second-order valence-electron chi connectivity index (χ2n) is 6.61. The zero-order chi connectivity index (χ0) is 19.8. The summed E-state index contributed by atoms with van der Waals surface area (Å²) in [6.07, 6.45) is 0. The molecule has 0 radical (unpaired) electrons. The van der Waals surface area contributed by atoms with Crippen LogP contribution in [0.25, 0.3) is 11.3 Å². The highest BCUT2D eigenvalue weighted by Crippen LogP contribution is 2.28. The first-order valence-corrected chi connectivity index (χ1v) is 9.47. The lowest BCUT2D eigenvalue weighted by molar-refractivity contribution is 0.342. The number of benzene rings is 2. The number of hydrogen-bond acceptors (Lipinski definition) is 6. The summed E-state index contributed by atoms with van der Waals surface area (Å²) >= 11 is 0. The van der Waals surface area contributed by atoms with Gasteiger partial charge in [0.2, 0.25) is 5.95 Å². The molecule has 6 heteroatoms. The van der Waals surface area contributed by atoms with Crippen molar-refractivity contribution in [2.75, 3.05) is 44.4 Å². The maximum atomic E-state index is 5.71. The van der Waals surface area contributed by atoms with Crippen LogP contribution in [0, 0.1) is 0 Å². The lowest BCUT2D eigenvalue weighted by Gasteiger charge is -2.15. The van der Waals surface area contributed by atoms with Crippen molar-refractivity contribution >= 4 is 17.5 Å². The van der Waals surface area contributed by atoms with E-state index < -0.39 is 0 Å². The first-order chi connectivity index (χ1) is 13.7. The van der Waals surface area contributed by atoms with Gasteiger partial charge in [-0.2, -0.15) is 4.98 Å². The highest BCUT2D eigenvalue weighted by Gasteiger charge is 2.09. The standard InChI is InChI=1S/C22H27N5O/c1-4-28-20-13-9-8-12-18(20)24-22-25-19(17-10-6-5-7-11-17)16-21(26-22)23-14-15-27(2)3/h5-13,16H,4,14-15H2,1-3H3,(H2,23,24,25,26). The van der Waals surface area contributed by atoms with Crippen molar-refractivity contribution in [3.8, 4) is 17.0 Å². The molecular weight excluding hydrogens is 350 g/mol. The maximum absolute atomic E-state index is 5.71. The number of aromatic nitrogens is 2. The lowest BCUT2D eigenvalue weighted by Crippen LogP contribution is -2.21. The van der Waals surface area contributed by atoms with Gasteiger partial charge < -0.3 is 20.3 Å². The first-order valence-electron chi connectivity index (χ1n) is 9.47. The molecule has 0 saturated heterocycles. The molecule has 0 fully saturated rings. The first kappa shape index (κ1) is 19.6. The second-order valence-corrected chi connectivity index (χ2v) is 6.61. The molecule has 3 aromatic rings. The molecule has 0 aliphatic rings. The summed E-state index contributed by atoms with van der Waals surface area (Å²) in [6.45, 7) is 4.28. The van der Waals surface area contributed by atoms with Gasteiger partial charge in [-0.25, -0.2) is 4.98 Å². The lowest BCUT2D eigenvalue weighted by atomic mass is 10.1. The van der Waals surface area contributed by atoms with Crippen LogP contribution in [0.15, 0.2) is 60.7 Å². The summed E-state index contributed by atoms with van der Waals surface area (Å²) in [4.78, 5) is 11.5. The van der Waals surface area contributed by atoms with E-state index in [9.17, 15) is 0 Å². The number of ether oxygens (including phenoxy) is 1. The van der Waals surface area contributed by atoms with E-state index >= 15 is 0 Å². The molecule has 0 bridgehead atoms. The molecule has 0 unspecified atom stereocenters. The van der Waals surface area contributed by atoms with Gasteiger partial charge in [-0.1, -0.05) is 42.5 Å². The summed E-state index contributed by atoms with van der Waals surface area (Å²) in [6, 6.07) is 19.9. The number of nitrogens with zero attached hydrogens (tertiary/aromatic N) is 3. The molecule has 0 saturated carbocycles. The minimum absolute atomic E-state index is 0.529. The minimum atomic E-state index is 0.529. The molecule has 28 heavy (non-hydrogen) atoms. The maximum Gasteiger partial charge on any atom is 0.229 e. The van der Waals surface area contributed by atoms with Crippen molar-refractivity contribution in [1.29, 1.82) is 0 Å². The van der Waals surface area contributed by atoms with Gasteiger partial charge in [-0.05, 0) is 33.2 Å². The Bertz CT molecular complexity index is 883. The third kappa shape index (κ3) is 5.44. The third-order valence-electron chi connectivity index (χ3n) is 4.09. The molecule has 1 aromatic heterocycles. The molecule has 3 rings (SSSR count). The Kier molecular flexibility index (Phi) is 6.81. The van der Waals surface area contributed by atoms with Crippen LogP contribution < -0.4 is 15.4 Å². The molecule has 6 nitrogen and oxygen atoms in total. The van der Waals surface area contributed by atoms with Crippen LogP contribution in [0.2, 0.25) is 0 Å². The number of hydrogen-bond donors (Lipinski definition) is 2. The topological polar surface area (TPSA) is 62.3 Å². The Labute approximate surface area is 166 Å². The highest BCUT2D eigenvalue weighted by molar-refractivity contribution is 5.68. The van der Waals surface area contributed by atoms with Gasteiger partial charge in [0.05, 0.1) is 18.0 Å². The molecule has 0 amide bonds. The quantitative estimate of drug-likeness (QED) is 0.581. The van der Waals surface area contributed by atoms with Crippen molar-refractivity contribution < 1.29 is 4.74 Å². The van der Waals surface area contributed by atoms with Gasteiger partial charge in [0.15, 0.2) is 0 Å². The van der Waals surface area contributed by atoms with Crippen molar-refractivity contribution in [2.45, 2.75) is 6.92 Å². The summed E-state index contributed by atoms with van der Waals surface area (Å²) in [5.41, 5.74) is 2.75. The van der Waals surface area contributed by atoms with Crippen LogP contribution in [0.4, 0.5) is 17.5 Å². The molecule has 0 aliphatic carbocycles. The number of nitrogens with one attached hydrogen (secondary N) is 2. The second kappa shape index (κ2) is 9.71. The van der Waals surface area contributed by atoms with E-state index in [0.717, 1.165) is 41.6 Å². The van der Waals surface area contributed by atoms with Gasteiger partial charge in [0, 0.05) is 24.7 Å². The molecule has 146 valence electrons. The van der Waals surface area contributed by atoms with E-state index in [1.807, 2.05) is 67.6 Å². The summed E-state index contributed by atoms with van der Waals surface area (Å²) in [5.74, 6) is 2.09. The van der Waals surface area contributed by atoms with Gasteiger partial charge in [-0.15, -0.1) is 0 Å². The number of likely N-dealkylation sites (N-methyl/N-ethyl adjacent to an activating group) is 1. The van der Waals surface area contributed by atoms with E-state index in [1.165, 1.54) is 0 Å². The predicted octanol–water partition coefficient (Wildman–Crippen LogP) is 4.26. The van der Waals surface area contributed by atoms with Crippen molar-refractivity contribution in [3.63, 3.8) is 0 Å². The smallest absolute Gasteiger partial charge is 0.229 e. The Morgan fingerprint density at radius 3 is 2.46 bits per heavy atom. The number of para-hydroxylation sites is 2. The van der Waals surface area contributed by atoms with E-state index in [4.69, 9.17) is 9.72 Å². The zero-order valence-electron chi connectivity index (χ0n) is 16.6. The highest BCUT2D eigenvalue weighted by atomic mass is 16.5. The molecule has 1 heterocycles. The molecule has 0 atom stereocenters. The van der Waals surface area contributed by atoms with Crippen LogP contribution in [0.5, 0.6) is 5.75 Å². The average molecular weight is 377 g/mol. The van der Waals surface area contributed by atoms with Crippen LogP contribution >= 0.6 is 0 Å². The minimum Gasteiger partial charge on any atom is -0.492 e. The normalized spacial score (nSPS) is 10.7. The van der Waals surface area contributed by atoms with Gasteiger partial charge >= 0.3 is 0 Å². The van der Waals surface area contributed by atoms with Crippen molar-refractivity contribution in [2.24, 2.45) is 0 Å². The number of anilines is 3. The van der Waals surface area contributed by atoms with Crippen molar-refractivity contribution in [3.05, 3.63) is 60.7 Å². The van der Waals surface area contributed by atoms with Crippen LogP contribution in [0.1, 0.15) is 6.92 Å². The van der Waals surface area contributed by atoms with Gasteiger partial charge in [0.25, 0.3) is 0 Å². The van der Waals surface area contributed by atoms with Crippen LogP contribution in [0.3, 0.4) is 0 Å². The van der Waals surface area contributed by atoms with Crippen molar-refractivity contribution in [1.82, 2.24) is 14.9 Å². The van der Waals surface area contributed by atoms with E-state index in [-0.39, 0.29) is 0 Å². The molecule has 0 aliphatic heterocycles. The van der Waals surface area contributed by atoms with E-state index in [1.54, 1.807) is 0 Å². The van der Waals surface area contributed by atoms with E-state index in [2.05, 4.69) is 34.6 Å². The molecule has 2 aromatic carbocycles. The monoisotopic (exact) mass is 377 g/mol. The van der Waals surface area contributed by atoms with Gasteiger partial charge in [-0.3, -0.25) is 0 Å². The Morgan fingerprint density at radius 2 is 1.71 bits per heavy atom. The molecule has 2 N–H and O–H groups in total. The zero-order valence-corrected chi connectivity index (χ0v) is 16.6. The van der Waals surface area contributed by atoms with E-state index in [0.29, 0.717) is 12.6 Å². The third-order valence-corrected chi connectivity index (χ3v) is 4.09. The largest absolute Gasteiger partial charge is 0.492 e. The summed E-state index contributed by atoms with van der Waals surface area (Å²) in [7, 11) is 4.10. The Balaban J connectivity index is 1.91. The summed E-state index contributed by atoms with van der Waals surface area (Å²) < 4.78 is 5.71. The van der Waals surface area contributed by atoms with Gasteiger partial charge in [0.1, 0.15) is 11.6 Å². The average Bonchev–Trinajstić information content (AvgIpc) is 2.70. The molecule has 0 spiro atoms. The van der Waals surface area contributed by atoms with Crippen LogP contribution in [-0.4, -0.2) is 48.7 Å². The Hall–Kier alpha value is -3.12. The fourth-order valence-corrected chi connectivity index (χ4v) is 2.73. The fraction of sp³-hybridized carbons (Fsp3) is 0.273. The Morgan fingerprint density at radius 1 is 0.964 bits per heavy atom. The summed E-state index contributed by atoms with van der Waals surface area (Å²) in [5, 5.41) is 6.70. The SMILES string of the molecule is CCOc1ccccc1Nc1nc(NCCN(C)C)cc(-c2ccccc2)n1.